The van der Waals surface area contributed by atoms with Crippen LogP contribution < -0.4 is 0 Å². The Morgan fingerprint density at radius 1 is 1.43 bits per heavy atom. The van der Waals surface area contributed by atoms with Gasteiger partial charge < -0.3 is 4.90 Å². The maximum atomic E-state index is 11.7. The van der Waals surface area contributed by atoms with E-state index in [1.54, 1.807) is 4.90 Å². The van der Waals surface area contributed by atoms with Crippen molar-refractivity contribution in [3.63, 3.8) is 0 Å². The SMILES string of the molecule is CCN(CC)C(=O)c1cncc(Cl)n1. The molecule has 0 aliphatic rings. The first-order valence-corrected chi connectivity index (χ1v) is 4.83. The number of carbonyl (C=O) groups excluding carboxylic acids is 1. The van der Waals surface area contributed by atoms with Crippen molar-refractivity contribution in [1.82, 2.24) is 14.9 Å². The van der Waals surface area contributed by atoms with Gasteiger partial charge in [0.05, 0.1) is 12.4 Å². The van der Waals surface area contributed by atoms with E-state index >= 15 is 0 Å². The maximum absolute atomic E-state index is 11.7. The molecule has 0 aliphatic heterocycles. The van der Waals surface area contributed by atoms with Crippen LogP contribution in [0.3, 0.4) is 0 Å². The highest BCUT2D eigenvalue weighted by Crippen LogP contribution is 2.05. The number of carbonyl (C=O) groups is 1. The summed E-state index contributed by atoms with van der Waals surface area (Å²) in [6, 6.07) is 0. The minimum absolute atomic E-state index is 0.134. The number of hydrogen-bond donors (Lipinski definition) is 0. The van der Waals surface area contributed by atoms with Crippen LogP contribution in [0.2, 0.25) is 5.15 Å². The summed E-state index contributed by atoms with van der Waals surface area (Å²) in [5, 5.41) is 0.239. The van der Waals surface area contributed by atoms with Crippen molar-refractivity contribution in [1.29, 1.82) is 0 Å². The van der Waals surface area contributed by atoms with Crippen LogP contribution in [-0.2, 0) is 0 Å². The Morgan fingerprint density at radius 2 is 2.07 bits per heavy atom. The van der Waals surface area contributed by atoms with Crippen molar-refractivity contribution >= 4 is 17.5 Å². The highest BCUT2D eigenvalue weighted by atomic mass is 35.5. The van der Waals surface area contributed by atoms with Crippen LogP contribution in [0, 0.1) is 0 Å². The Morgan fingerprint density at radius 3 is 2.57 bits per heavy atom. The van der Waals surface area contributed by atoms with Gasteiger partial charge in [0.25, 0.3) is 5.91 Å². The fourth-order valence-corrected chi connectivity index (χ4v) is 1.27. The van der Waals surface area contributed by atoms with Crippen molar-refractivity contribution in [3.8, 4) is 0 Å². The van der Waals surface area contributed by atoms with Gasteiger partial charge in [-0.25, -0.2) is 4.98 Å². The number of amides is 1. The zero-order chi connectivity index (χ0) is 10.6. The Labute approximate surface area is 87.9 Å². The molecule has 14 heavy (non-hydrogen) atoms. The molecular formula is C9H12ClN3O. The maximum Gasteiger partial charge on any atom is 0.274 e. The molecular weight excluding hydrogens is 202 g/mol. The molecule has 1 rings (SSSR count). The predicted octanol–water partition coefficient (Wildman–Crippen LogP) is 1.61. The molecule has 0 radical (unpaired) electrons. The minimum Gasteiger partial charge on any atom is -0.338 e. The van der Waals surface area contributed by atoms with Crippen LogP contribution in [-0.4, -0.2) is 33.9 Å². The molecule has 1 aromatic rings. The van der Waals surface area contributed by atoms with Crippen molar-refractivity contribution in [2.24, 2.45) is 0 Å². The third-order valence-electron chi connectivity index (χ3n) is 1.87. The van der Waals surface area contributed by atoms with Crippen LogP contribution in [0.15, 0.2) is 12.4 Å². The van der Waals surface area contributed by atoms with E-state index < -0.39 is 0 Å². The fraction of sp³-hybridized carbons (Fsp3) is 0.444. The van der Waals surface area contributed by atoms with Gasteiger partial charge in [0.1, 0.15) is 10.8 Å². The van der Waals surface area contributed by atoms with Gasteiger partial charge >= 0.3 is 0 Å². The average molecular weight is 214 g/mol. The quantitative estimate of drug-likeness (QED) is 0.767. The van der Waals surface area contributed by atoms with Gasteiger partial charge in [-0.2, -0.15) is 0 Å². The predicted molar refractivity (Wildman–Crippen MR) is 54.3 cm³/mol. The summed E-state index contributed by atoms with van der Waals surface area (Å²) in [6.45, 7) is 5.14. The molecule has 1 aromatic heterocycles. The Kier molecular flexibility index (Phi) is 3.83. The summed E-state index contributed by atoms with van der Waals surface area (Å²) < 4.78 is 0. The molecule has 0 unspecified atom stereocenters. The summed E-state index contributed by atoms with van der Waals surface area (Å²) in [5.41, 5.74) is 0.293. The lowest BCUT2D eigenvalue weighted by Crippen LogP contribution is -2.31. The van der Waals surface area contributed by atoms with Crippen molar-refractivity contribution in [2.45, 2.75) is 13.8 Å². The molecule has 0 aromatic carbocycles. The standard InChI is InChI=1S/C9H12ClN3O/c1-3-13(4-2)9(14)7-5-11-6-8(10)12-7/h5-6H,3-4H2,1-2H3. The van der Waals surface area contributed by atoms with E-state index in [-0.39, 0.29) is 11.1 Å². The molecule has 0 N–H and O–H groups in total. The zero-order valence-corrected chi connectivity index (χ0v) is 8.95. The molecule has 76 valence electrons. The van der Waals surface area contributed by atoms with Crippen LogP contribution in [0.4, 0.5) is 0 Å². The first-order valence-electron chi connectivity index (χ1n) is 4.45. The van der Waals surface area contributed by atoms with Crippen LogP contribution in [0.5, 0.6) is 0 Å². The minimum atomic E-state index is -0.134. The van der Waals surface area contributed by atoms with E-state index in [4.69, 9.17) is 11.6 Å². The summed E-state index contributed by atoms with van der Waals surface area (Å²) in [4.78, 5) is 21.1. The smallest absolute Gasteiger partial charge is 0.274 e. The lowest BCUT2D eigenvalue weighted by Gasteiger charge is -2.17. The molecule has 0 spiro atoms. The van der Waals surface area contributed by atoms with Gasteiger partial charge in [-0.15, -0.1) is 0 Å². The second kappa shape index (κ2) is 4.91. The molecule has 1 heterocycles. The zero-order valence-electron chi connectivity index (χ0n) is 8.20. The molecule has 0 atom stereocenters. The van der Waals surface area contributed by atoms with Gasteiger partial charge in [0.15, 0.2) is 0 Å². The van der Waals surface area contributed by atoms with Crippen LogP contribution in [0.1, 0.15) is 24.3 Å². The molecule has 0 aliphatic carbocycles. The summed E-state index contributed by atoms with van der Waals surface area (Å²) in [6.07, 6.45) is 2.83. The van der Waals surface area contributed by atoms with E-state index in [0.717, 1.165) is 0 Å². The molecule has 0 fully saturated rings. The topological polar surface area (TPSA) is 46.1 Å². The third-order valence-corrected chi connectivity index (χ3v) is 2.06. The highest BCUT2D eigenvalue weighted by Gasteiger charge is 2.14. The monoisotopic (exact) mass is 213 g/mol. The number of aromatic nitrogens is 2. The van der Waals surface area contributed by atoms with Crippen LogP contribution >= 0.6 is 11.6 Å². The van der Waals surface area contributed by atoms with Crippen molar-refractivity contribution in [3.05, 3.63) is 23.2 Å². The van der Waals surface area contributed by atoms with Gasteiger partial charge in [-0.1, -0.05) is 11.6 Å². The number of rotatable bonds is 3. The van der Waals surface area contributed by atoms with Crippen molar-refractivity contribution < 1.29 is 4.79 Å². The van der Waals surface area contributed by atoms with Crippen LogP contribution in [0.25, 0.3) is 0 Å². The Hall–Kier alpha value is -1.16. The van der Waals surface area contributed by atoms with Gasteiger partial charge in [-0.3, -0.25) is 9.78 Å². The van der Waals surface area contributed by atoms with E-state index in [2.05, 4.69) is 9.97 Å². The molecule has 4 nitrogen and oxygen atoms in total. The molecule has 0 bridgehead atoms. The van der Waals surface area contributed by atoms with E-state index in [0.29, 0.717) is 18.8 Å². The van der Waals surface area contributed by atoms with Crippen molar-refractivity contribution in [2.75, 3.05) is 13.1 Å². The number of hydrogen-bond acceptors (Lipinski definition) is 3. The normalized spacial score (nSPS) is 9.93. The van der Waals surface area contributed by atoms with Gasteiger partial charge in [-0.05, 0) is 13.8 Å². The second-order valence-corrected chi connectivity index (χ2v) is 3.09. The average Bonchev–Trinajstić information content (AvgIpc) is 2.19. The summed E-state index contributed by atoms with van der Waals surface area (Å²) in [5.74, 6) is -0.134. The largest absolute Gasteiger partial charge is 0.338 e. The molecule has 1 amide bonds. The van der Waals surface area contributed by atoms with Gasteiger partial charge in [0, 0.05) is 13.1 Å². The third kappa shape index (κ3) is 2.42. The summed E-state index contributed by atoms with van der Waals surface area (Å²) >= 11 is 5.64. The fourth-order valence-electron chi connectivity index (χ4n) is 1.12. The second-order valence-electron chi connectivity index (χ2n) is 2.70. The lowest BCUT2D eigenvalue weighted by atomic mass is 10.3. The highest BCUT2D eigenvalue weighted by molar-refractivity contribution is 6.29. The number of halogens is 1. The number of nitrogens with zero attached hydrogens (tertiary/aromatic N) is 3. The Bertz CT molecular complexity index is 326. The molecule has 5 heteroatoms. The molecule has 0 saturated heterocycles. The lowest BCUT2D eigenvalue weighted by molar-refractivity contribution is 0.0766. The first-order chi connectivity index (χ1) is 6.69. The summed E-state index contributed by atoms with van der Waals surface area (Å²) in [7, 11) is 0. The molecule has 0 saturated carbocycles. The van der Waals surface area contributed by atoms with E-state index in [9.17, 15) is 4.79 Å². The first kappa shape index (κ1) is 10.9. The van der Waals surface area contributed by atoms with E-state index in [1.807, 2.05) is 13.8 Å². The van der Waals surface area contributed by atoms with Gasteiger partial charge in [0.2, 0.25) is 0 Å². The van der Waals surface area contributed by atoms with E-state index in [1.165, 1.54) is 12.4 Å². The Balaban J connectivity index is 2.88.